The van der Waals surface area contributed by atoms with Crippen LogP contribution in [-0.2, 0) is 33.2 Å². The van der Waals surface area contributed by atoms with Crippen molar-refractivity contribution in [3.8, 4) is 0 Å². The van der Waals surface area contributed by atoms with Gasteiger partial charge in [0, 0.05) is 44.1 Å². The third-order valence-electron chi connectivity index (χ3n) is 13.1. The minimum absolute atomic E-state index is 0.0714. The van der Waals surface area contributed by atoms with Crippen molar-refractivity contribution in [2.75, 3.05) is 13.7 Å². The molecule has 48 heavy (non-hydrogen) atoms. The van der Waals surface area contributed by atoms with Crippen molar-refractivity contribution in [1.29, 1.82) is 0 Å². The summed E-state index contributed by atoms with van der Waals surface area (Å²) in [6.45, 7) is 14.2. The maximum Gasteiger partial charge on any atom is 0.303 e. The van der Waals surface area contributed by atoms with E-state index >= 15 is 0 Å². The molecule has 0 aromatic carbocycles. The molecular weight excluding hydrogens is 620 g/mol. The summed E-state index contributed by atoms with van der Waals surface area (Å²) in [6, 6.07) is 0. The summed E-state index contributed by atoms with van der Waals surface area (Å²) in [6.07, 6.45) is 5.04. The van der Waals surface area contributed by atoms with Gasteiger partial charge in [-0.1, -0.05) is 41.5 Å². The number of hydrogen-bond donors (Lipinski definition) is 4. The molecule has 5 heterocycles. The smallest absolute Gasteiger partial charge is 0.303 e. The number of rotatable bonds is 12. The fourth-order valence-corrected chi connectivity index (χ4v) is 9.97. The number of carboxylic acid groups (broad SMARTS) is 1. The van der Waals surface area contributed by atoms with Gasteiger partial charge in [0.15, 0.2) is 11.6 Å². The number of hydrogen-bond acceptors (Lipinski definition) is 10. The molecule has 16 unspecified atom stereocenters. The number of aliphatic hydroxyl groups is 3. The zero-order valence-corrected chi connectivity index (χ0v) is 30.6. The van der Waals surface area contributed by atoms with Gasteiger partial charge in [0.05, 0.1) is 60.5 Å². The molecule has 278 valence electrons. The zero-order valence-electron chi connectivity index (χ0n) is 30.6. The van der Waals surface area contributed by atoms with Crippen molar-refractivity contribution in [3.05, 3.63) is 0 Å². The summed E-state index contributed by atoms with van der Waals surface area (Å²) in [5, 5.41) is 41.3. The van der Waals surface area contributed by atoms with Crippen LogP contribution in [0.2, 0.25) is 0 Å². The highest BCUT2D eigenvalue weighted by atomic mass is 16.7. The molecule has 0 radical (unpaired) electrons. The number of methoxy groups -OCH3 is 1. The lowest BCUT2D eigenvalue weighted by atomic mass is 9.79. The Morgan fingerprint density at radius 1 is 1.04 bits per heavy atom. The summed E-state index contributed by atoms with van der Waals surface area (Å²) in [5.74, 6) is -3.27. The third-order valence-corrected chi connectivity index (χ3v) is 13.1. The largest absolute Gasteiger partial charge is 0.481 e. The van der Waals surface area contributed by atoms with Gasteiger partial charge in [-0.3, -0.25) is 4.79 Å². The SMILES string of the molecule is CCC1(C2OC(C3OC(O)(CO)C(C)CC3C)CC2C)CCC(C2(C)CCC3(CC(O)C(C)C(C(C)C(CCCC(=O)O)OC)O3)O2)O1. The first-order valence-corrected chi connectivity index (χ1v) is 18.7. The molecule has 5 aliphatic heterocycles. The van der Waals surface area contributed by atoms with Crippen molar-refractivity contribution >= 4 is 5.97 Å². The van der Waals surface area contributed by atoms with Crippen LogP contribution in [0.1, 0.15) is 119 Å². The molecule has 0 saturated carbocycles. The minimum atomic E-state index is -1.56. The molecule has 0 aliphatic carbocycles. The Bertz CT molecular complexity index is 1110. The highest BCUT2D eigenvalue weighted by molar-refractivity contribution is 5.66. The average molecular weight is 685 g/mol. The highest BCUT2D eigenvalue weighted by Gasteiger charge is 2.62. The Morgan fingerprint density at radius 3 is 2.42 bits per heavy atom. The first-order valence-electron chi connectivity index (χ1n) is 18.7. The van der Waals surface area contributed by atoms with Crippen molar-refractivity contribution in [2.45, 2.75) is 185 Å². The lowest BCUT2D eigenvalue weighted by Gasteiger charge is -2.48. The highest BCUT2D eigenvalue weighted by Crippen LogP contribution is 2.55. The van der Waals surface area contributed by atoms with E-state index in [-0.39, 0.29) is 72.6 Å². The lowest BCUT2D eigenvalue weighted by Crippen LogP contribution is -2.56. The summed E-state index contributed by atoms with van der Waals surface area (Å²) in [7, 11) is 1.65. The fraction of sp³-hybridized carbons (Fsp3) is 0.973. The minimum Gasteiger partial charge on any atom is -0.481 e. The standard InChI is InChI=1S/C37H64O11/c1-9-35(33-22(3)18-28(44-33)31-21(2)17-23(4)37(42,20-38)47-31)14-13-29(45-35)34(7)15-16-36(48-34)19-26(39)24(5)32(46-36)25(6)27(43-8)11-10-12-30(40)41/h21-29,31-33,38-39,42H,9-20H2,1-8H3,(H,40,41). The molecule has 5 fully saturated rings. The van der Waals surface area contributed by atoms with Crippen LogP contribution in [0, 0.1) is 29.6 Å². The van der Waals surface area contributed by atoms with Crippen LogP contribution in [0.4, 0.5) is 0 Å². The predicted octanol–water partition coefficient (Wildman–Crippen LogP) is 4.81. The molecular formula is C37H64O11. The van der Waals surface area contributed by atoms with Gasteiger partial charge in [0.25, 0.3) is 0 Å². The van der Waals surface area contributed by atoms with E-state index in [4.69, 9.17) is 33.5 Å². The van der Waals surface area contributed by atoms with Crippen LogP contribution in [0.25, 0.3) is 0 Å². The first kappa shape index (κ1) is 38.3. The Labute approximate surface area is 287 Å². The second kappa shape index (κ2) is 14.6. The van der Waals surface area contributed by atoms with E-state index in [0.717, 1.165) is 38.5 Å². The molecule has 11 heteroatoms. The van der Waals surface area contributed by atoms with Crippen LogP contribution in [0.3, 0.4) is 0 Å². The van der Waals surface area contributed by atoms with E-state index in [2.05, 4.69) is 34.6 Å². The predicted molar refractivity (Wildman–Crippen MR) is 177 cm³/mol. The van der Waals surface area contributed by atoms with Crippen molar-refractivity contribution < 1.29 is 53.6 Å². The number of carboxylic acids is 1. The van der Waals surface area contributed by atoms with Crippen LogP contribution in [0.15, 0.2) is 0 Å². The topological polar surface area (TPSA) is 153 Å². The van der Waals surface area contributed by atoms with Gasteiger partial charge >= 0.3 is 5.97 Å². The van der Waals surface area contributed by atoms with E-state index in [1.807, 2.05) is 13.8 Å². The molecule has 0 bridgehead atoms. The Kier molecular flexibility index (Phi) is 11.7. The maximum absolute atomic E-state index is 11.3. The molecule has 1 spiro atoms. The maximum atomic E-state index is 11.3. The quantitative estimate of drug-likeness (QED) is 0.224. The molecule has 5 aliphatic rings. The van der Waals surface area contributed by atoms with Gasteiger partial charge in [0.1, 0.15) is 0 Å². The van der Waals surface area contributed by atoms with E-state index in [1.54, 1.807) is 7.11 Å². The van der Waals surface area contributed by atoms with Gasteiger partial charge < -0.3 is 48.8 Å². The van der Waals surface area contributed by atoms with E-state index in [9.17, 15) is 20.1 Å². The van der Waals surface area contributed by atoms with Gasteiger partial charge in [-0.05, 0) is 70.1 Å². The van der Waals surface area contributed by atoms with Gasteiger partial charge in [-0.2, -0.15) is 0 Å². The van der Waals surface area contributed by atoms with Crippen LogP contribution in [-0.4, -0.2) is 106 Å². The van der Waals surface area contributed by atoms with Crippen LogP contribution in [0.5, 0.6) is 0 Å². The molecule has 16 atom stereocenters. The number of aliphatic hydroxyl groups excluding tert-OH is 2. The van der Waals surface area contributed by atoms with Crippen LogP contribution >= 0.6 is 0 Å². The number of carbonyl (C=O) groups is 1. The Hall–Kier alpha value is -0.890. The number of aliphatic carboxylic acids is 1. The fourth-order valence-electron chi connectivity index (χ4n) is 9.97. The molecule has 0 aromatic heterocycles. The zero-order chi connectivity index (χ0) is 35.2. The molecule has 0 amide bonds. The lowest BCUT2D eigenvalue weighted by molar-refractivity contribution is -0.336. The summed E-state index contributed by atoms with van der Waals surface area (Å²) in [4.78, 5) is 11.1. The molecule has 5 saturated heterocycles. The molecule has 0 aromatic rings. The van der Waals surface area contributed by atoms with E-state index < -0.39 is 41.5 Å². The molecule has 4 N–H and O–H groups in total. The molecule has 5 rings (SSSR count). The summed E-state index contributed by atoms with van der Waals surface area (Å²) < 4.78 is 39.7. The third kappa shape index (κ3) is 7.24. The second-order valence-electron chi connectivity index (χ2n) is 16.5. The van der Waals surface area contributed by atoms with Crippen molar-refractivity contribution in [3.63, 3.8) is 0 Å². The van der Waals surface area contributed by atoms with Crippen LogP contribution < -0.4 is 0 Å². The first-order chi connectivity index (χ1) is 22.5. The average Bonchev–Trinajstić information content (AvgIpc) is 3.75. The monoisotopic (exact) mass is 684 g/mol. The number of ether oxygens (including phenoxy) is 6. The van der Waals surface area contributed by atoms with Gasteiger partial charge in [0.2, 0.25) is 0 Å². The second-order valence-corrected chi connectivity index (χ2v) is 16.5. The van der Waals surface area contributed by atoms with E-state index in [0.29, 0.717) is 25.7 Å². The summed E-state index contributed by atoms with van der Waals surface area (Å²) in [5.41, 5.74) is -1.09. The van der Waals surface area contributed by atoms with Gasteiger partial charge in [-0.15, -0.1) is 0 Å². The van der Waals surface area contributed by atoms with Gasteiger partial charge in [-0.25, -0.2) is 0 Å². The van der Waals surface area contributed by atoms with Crippen molar-refractivity contribution in [1.82, 2.24) is 0 Å². The Morgan fingerprint density at radius 2 is 1.77 bits per heavy atom. The van der Waals surface area contributed by atoms with E-state index in [1.165, 1.54) is 0 Å². The molecule has 11 nitrogen and oxygen atoms in total. The normalized spacial score (nSPS) is 49.4. The van der Waals surface area contributed by atoms with Crippen molar-refractivity contribution in [2.24, 2.45) is 29.6 Å². The Balaban J connectivity index is 1.26. The summed E-state index contributed by atoms with van der Waals surface area (Å²) >= 11 is 0.